The van der Waals surface area contributed by atoms with Gasteiger partial charge in [-0.1, -0.05) is 83.1 Å². The summed E-state index contributed by atoms with van der Waals surface area (Å²) in [6.07, 6.45) is 6.41. The van der Waals surface area contributed by atoms with E-state index in [1.54, 1.807) is 0 Å². The van der Waals surface area contributed by atoms with Crippen LogP contribution < -0.4 is 0 Å². The molecule has 1 atom stereocenters. The molecule has 0 bridgehead atoms. The molecular weight excluding hydrogens is 363 g/mol. The van der Waals surface area contributed by atoms with Gasteiger partial charge in [0.05, 0.1) is 6.10 Å². The summed E-state index contributed by atoms with van der Waals surface area (Å²) in [5, 5.41) is 0. The van der Waals surface area contributed by atoms with Gasteiger partial charge in [0, 0.05) is 5.41 Å². The van der Waals surface area contributed by atoms with Gasteiger partial charge in [0.25, 0.3) is 0 Å². The molecule has 0 N–H and O–H groups in total. The summed E-state index contributed by atoms with van der Waals surface area (Å²) in [4.78, 5) is 0. The quantitative estimate of drug-likeness (QED) is 0.301. The fourth-order valence-corrected chi connectivity index (χ4v) is 6.50. The minimum Gasteiger partial charge on any atom is -0.413 e. The second kappa shape index (κ2) is 9.56. The molecule has 0 radical (unpaired) electrons. The maximum absolute atomic E-state index is 6.79. The number of halogens is 1. The Morgan fingerprint density at radius 2 is 1.63 bits per heavy atom. The van der Waals surface area contributed by atoms with Gasteiger partial charge in [-0.2, -0.15) is 0 Å². The number of rotatable bonds is 10. The molecule has 0 spiro atoms. The molecule has 0 aliphatic heterocycles. The molecule has 0 aliphatic carbocycles. The van der Waals surface area contributed by atoms with E-state index in [1.807, 2.05) is 0 Å². The van der Waals surface area contributed by atoms with E-state index in [1.165, 1.54) is 37.4 Å². The third-order valence-corrected chi connectivity index (χ3v) is 9.48. The maximum atomic E-state index is 6.79. The molecule has 0 saturated heterocycles. The van der Waals surface area contributed by atoms with Crippen molar-refractivity contribution in [1.29, 1.82) is 0 Å². The van der Waals surface area contributed by atoms with Gasteiger partial charge in [-0.25, -0.2) is 0 Å². The molecule has 0 amide bonds. The molecule has 0 saturated carbocycles. The van der Waals surface area contributed by atoms with Gasteiger partial charge in [0.2, 0.25) is 0 Å². The van der Waals surface area contributed by atoms with E-state index in [4.69, 9.17) is 4.43 Å². The Morgan fingerprint density at radius 1 is 1.11 bits per heavy atom. The largest absolute Gasteiger partial charge is 0.413 e. The highest BCUT2D eigenvalue weighted by molar-refractivity contribution is 14.1. The summed E-state index contributed by atoms with van der Waals surface area (Å²) in [6.45, 7) is 13.9. The molecule has 0 rings (SSSR count). The van der Waals surface area contributed by atoms with Gasteiger partial charge in [0.15, 0.2) is 8.32 Å². The minimum absolute atomic E-state index is 0.147. The highest BCUT2D eigenvalue weighted by Crippen LogP contribution is 2.35. The Hall–Kier alpha value is 0.647. The fraction of sp³-hybridized carbons (Fsp3) is 0.875. The van der Waals surface area contributed by atoms with Crippen molar-refractivity contribution in [3.8, 4) is 0 Å². The lowest BCUT2D eigenvalue weighted by molar-refractivity contribution is 0.0845. The summed E-state index contributed by atoms with van der Waals surface area (Å²) in [6, 6.07) is 3.73. The zero-order chi connectivity index (χ0) is 14.9. The first-order valence-corrected chi connectivity index (χ1v) is 11.6. The summed E-state index contributed by atoms with van der Waals surface area (Å²) in [7, 11) is -1.51. The SMILES string of the molecule is CCCCC(O[Si](CC)(CC)CC)C(C)(C)/C=C/I. The number of hydrogen-bond donors (Lipinski definition) is 0. The van der Waals surface area contributed by atoms with Crippen molar-refractivity contribution in [1.82, 2.24) is 0 Å². The second-order valence-electron chi connectivity index (χ2n) is 6.11. The van der Waals surface area contributed by atoms with Crippen LogP contribution in [0.25, 0.3) is 0 Å². The third-order valence-electron chi connectivity index (χ3n) is 4.47. The van der Waals surface area contributed by atoms with E-state index in [-0.39, 0.29) is 5.41 Å². The van der Waals surface area contributed by atoms with Crippen molar-refractivity contribution in [2.75, 3.05) is 0 Å². The van der Waals surface area contributed by atoms with Gasteiger partial charge >= 0.3 is 0 Å². The first-order chi connectivity index (χ1) is 8.91. The molecular formula is C16H33IOSi. The second-order valence-corrected chi connectivity index (χ2v) is 11.5. The lowest BCUT2D eigenvalue weighted by atomic mass is 9.84. The molecule has 3 heteroatoms. The van der Waals surface area contributed by atoms with E-state index >= 15 is 0 Å². The molecule has 0 aromatic heterocycles. The van der Waals surface area contributed by atoms with Crippen LogP contribution in [0.5, 0.6) is 0 Å². The van der Waals surface area contributed by atoms with Crippen molar-refractivity contribution in [3.05, 3.63) is 10.2 Å². The van der Waals surface area contributed by atoms with E-state index in [2.05, 4.69) is 74.3 Å². The summed E-state index contributed by atoms with van der Waals surface area (Å²) < 4.78 is 8.94. The predicted molar refractivity (Wildman–Crippen MR) is 98.5 cm³/mol. The van der Waals surface area contributed by atoms with Crippen molar-refractivity contribution in [3.63, 3.8) is 0 Å². The smallest absolute Gasteiger partial charge is 0.192 e. The Morgan fingerprint density at radius 3 is 2.00 bits per heavy atom. The first-order valence-electron chi connectivity index (χ1n) is 7.87. The van der Waals surface area contributed by atoms with Gasteiger partial charge in [0.1, 0.15) is 0 Å². The van der Waals surface area contributed by atoms with Crippen molar-refractivity contribution in [2.45, 2.75) is 85.0 Å². The van der Waals surface area contributed by atoms with E-state index < -0.39 is 8.32 Å². The highest BCUT2D eigenvalue weighted by atomic mass is 127. The average Bonchev–Trinajstić information content (AvgIpc) is 2.39. The van der Waals surface area contributed by atoms with E-state index in [0.717, 1.165) is 0 Å². The monoisotopic (exact) mass is 396 g/mol. The molecule has 0 aromatic carbocycles. The third kappa shape index (κ3) is 6.30. The summed E-state index contributed by atoms with van der Waals surface area (Å²) >= 11 is 2.32. The van der Waals surface area contributed by atoms with Crippen LogP contribution in [0.4, 0.5) is 0 Å². The van der Waals surface area contributed by atoms with Crippen molar-refractivity contribution in [2.24, 2.45) is 5.41 Å². The lowest BCUT2D eigenvalue weighted by Crippen LogP contribution is -2.44. The Bertz CT molecular complexity index is 251. The van der Waals surface area contributed by atoms with Crippen LogP contribution in [0.3, 0.4) is 0 Å². The molecule has 1 nitrogen and oxygen atoms in total. The normalized spacial score (nSPS) is 15.1. The standard InChI is InChI=1S/C16H33IOSi/c1-7-11-12-15(16(5,6)13-14-17)18-19(8-2,9-3)10-4/h13-15H,7-12H2,1-6H3/b14-13+. The van der Waals surface area contributed by atoms with Crippen LogP contribution in [-0.2, 0) is 4.43 Å². The molecule has 114 valence electrons. The molecule has 0 heterocycles. The van der Waals surface area contributed by atoms with Crippen molar-refractivity contribution >= 4 is 30.9 Å². The van der Waals surface area contributed by atoms with Gasteiger partial charge < -0.3 is 4.43 Å². The zero-order valence-corrected chi connectivity index (χ0v) is 16.9. The van der Waals surface area contributed by atoms with Gasteiger partial charge in [-0.15, -0.1) is 0 Å². The van der Waals surface area contributed by atoms with Crippen LogP contribution >= 0.6 is 22.6 Å². The number of hydrogen-bond acceptors (Lipinski definition) is 1. The van der Waals surface area contributed by atoms with E-state index in [0.29, 0.717) is 6.10 Å². The molecule has 0 fully saturated rings. The first kappa shape index (κ1) is 19.6. The van der Waals surface area contributed by atoms with Gasteiger partial charge in [-0.05, 0) is 28.6 Å². The molecule has 1 unspecified atom stereocenters. The Balaban J connectivity index is 5.03. The highest BCUT2D eigenvalue weighted by Gasteiger charge is 2.37. The average molecular weight is 396 g/mol. The summed E-state index contributed by atoms with van der Waals surface area (Å²) in [5.41, 5.74) is 0.147. The fourth-order valence-electron chi connectivity index (χ4n) is 2.54. The van der Waals surface area contributed by atoms with Crippen LogP contribution in [0.15, 0.2) is 10.2 Å². The minimum atomic E-state index is -1.51. The predicted octanol–water partition coefficient (Wildman–Crippen LogP) is 6.54. The van der Waals surface area contributed by atoms with Gasteiger partial charge in [-0.3, -0.25) is 0 Å². The van der Waals surface area contributed by atoms with Crippen LogP contribution in [0.1, 0.15) is 60.8 Å². The van der Waals surface area contributed by atoms with Crippen molar-refractivity contribution < 1.29 is 4.43 Å². The molecule has 0 aliphatic rings. The maximum Gasteiger partial charge on any atom is 0.192 e. The topological polar surface area (TPSA) is 9.23 Å². The molecule has 19 heavy (non-hydrogen) atoms. The van der Waals surface area contributed by atoms with Crippen LogP contribution in [0, 0.1) is 5.41 Å². The summed E-state index contributed by atoms with van der Waals surface area (Å²) in [5.74, 6) is 0. The Labute approximate surface area is 135 Å². The Kier molecular flexibility index (Phi) is 9.88. The van der Waals surface area contributed by atoms with E-state index in [9.17, 15) is 0 Å². The van der Waals surface area contributed by atoms with Crippen LogP contribution in [0.2, 0.25) is 18.1 Å². The molecule has 0 aromatic rings. The lowest BCUT2D eigenvalue weighted by Gasteiger charge is -2.40. The number of unbranched alkanes of at least 4 members (excludes halogenated alkanes) is 1. The zero-order valence-electron chi connectivity index (χ0n) is 13.8. The van der Waals surface area contributed by atoms with Crippen LogP contribution in [-0.4, -0.2) is 14.4 Å².